The highest BCUT2D eigenvalue weighted by atomic mass is 35.5. The Hall–Kier alpha value is -3.47. The molecule has 0 bridgehead atoms. The standard InChI is InChI=1S/C23H21ClF4N6O/c1-11-19-15(21(25)26)8-17(22(27)28)29-23(19)34(31-11)10-18(35)30-20-12(2)32-33(13(20)3)9-14-6-4-5-7-16(14)24/h4-8,21-22H,9-10H2,1-3H3,(H,30,35). The van der Waals surface area contributed by atoms with Crippen LogP contribution in [0, 0.1) is 20.8 Å². The van der Waals surface area contributed by atoms with Gasteiger partial charge in [-0.3, -0.25) is 9.48 Å². The van der Waals surface area contributed by atoms with Crippen molar-refractivity contribution < 1.29 is 22.4 Å². The second-order valence-corrected chi connectivity index (χ2v) is 8.43. The summed E-state index contributed by atoms with van der Waals surface area (Å²) < 4.78 is 56.4. The Morgan fingerprint density at radius 1 is 1.03 bits per heavy atom. The zero-order valence-electron chi connectivity index (χ0n) is 19.0. The van der Waals surface area contributed by atoms with E-state index in [4.69, 9.17) is 11.6 Å². The van der Waals surface area contributed by atoms with Crippen LogP contribution in [0.15, 0.2) is 30.3 Å². The minimum absolute atomic E-state index is 0.0443. The van der Waals surface area contributed by atoms with Gasteiger partial charge in [0.2, 0.25) is 5.91 Å². The predicted molar refractivity (Wildman–Crippen MR) is 123 cm³/mol. The lowest BCUT2D eigenvalue weighted by Gasteiger charge is -2.10. The second kappa shape index (κ2) is 9.65. The third kappa shape index (κ3) is 4.86. The van der Waals surface area contributed by atoms with E-state index in [-0.39, 0.29) is 16.7 Å². The number of aromatic nitrogens is 5. The van der Waals surface area contributed by atoms with E-state index in [1.54, 1.807) is 24.6 Å². The van der Waals surface area contributed by atoms with Gasteiger partial charge in [0.1, 0.15) is 12.2 Å². The highest BCUT2D eigenvalue weighted by molar-refractivity contribution is 6.31. The molecule has 3 heterocycles. The number of nitrogens with one attached hydrogen (secondary N) is 1. The third-order valence-electron chi connectivity index (χ3n) is 5.60. The quantitative estimate of drug-likeness (QED) is 0.322. The number of carbonyl (C=O) groups excluding carboxylic acids is 1. The fraction of sp³-hybridized carbons (Fsp3) is 0.304. The minimum Gasteiger partial charge on any atom is -0.321 e. The van der Waals surface area contributed by atoms with Crippen molar-refractivity contribution in [1.82, 2.24) is 24.5 Å². The summed E-state index contributed by atoms with van der Waals surface area (Å²) in [7, 11) is 0. The fourth-order valence-electron chi connectivity index (χ4n) is 3.94. The molecule has 1 N–H and O–H groups in total. The molecule has 0 aliphatic heterocycles. The smallest absolute Gasteiger partial charge is 0.280 e. The number of aryl methyl sites for hydroxylation is 2. The Morgan fingerprint density at radius 3 is 2.37 bits per heavy atom. The van der Waals surface area contributed by atoms with Crippen molar-refractivity contribution in [3.05, 3.63) is 69.3 Å². The highest BCUT2D eigenvalue weighted by Crippen LogP contribution is 2.32. The summed E-state index contributed by atoms with van der Waals surface area (Å²) in [6.07, 6.45) is -6.05. The van der Waals surface area contributed by atoms with Crippen molar-refractivity contribution in [3.63, 3.8) is 0 Å². The van der Waals surface area contributed by atoms with Gasteiger partial charge in [0.05, 0.1) is 34.7 Å². The van der Waals surface area contributed by atoms with Gasteiger partial charge in [0.15, 0.2) is 5.65 Å². The maximum absolute atomic E-state index is 13.5. The van der Waals surface area contributed by atoms with Crippen LogP contribution >= 0.6 is 11.6 Å². The summed E-state index contributed by atoms with van der Waals surface area (Å²) in [5.41, 5.74) is 1.13. The molecule has 0 atom stereocenters. The van der Waals surface area contributed by atoms with Crippen LogP contribution < -0.4 is 5.32 Å². The van der Waals surface area contributed by atoms with E-state index in [0.29, 0.717) is 34.7 Å². The van der Waals surface area contributed by atoms with Crippen molar-refractivity contribution in [2.45, 2.75) is 46.7 Å². The summed E-state index contributed by atoms with van der Waals surface area (Å²) in [5.74, 6) is -0.541. The van der Waals surface area contributed by atoms with Crippen LogP contribution in [-0.2, 0) is 17.9 Å². The minimum atomic E-state index is -3.05. The van der Waals surface area contributed by atoms with E-state index >= 15 is 0 Å². The van der Waals surface area contributed by atoms with Crippen molar-refractivity contribution in [2.75, 3.05) is 5.32 Å². The Labute approximate surface area is 202 Å². The van der Waals surface area contributed by atoms with Crippen LogP contribution in [0.3, 0.4) is 0 Å². The first-order valence-electron chi connectivity index (χ1n) is 10.6. The highest BCUT2D eigenvalue weighted by Gasteiger charge is 2.24. The molecular weight excluding hydrogens is 488 g/mol. The average Bonchev–Trinajstić information content (AvgIpc) is 3.25. The van der Waals surface area contributed by atoms with Crippen molar-refractivity contribution >= 4 is 34.2 Å². The molecule has 0 fully saturated rings. The number of hydrogen-bond donors (Lipinski definition) is 1. The Kier molecular flexibility index (Phi) is 6.79. The van der Waals surface area contributed by atoms with E-state index in [2.05, 4.69) is 20.5 Å². The lowest BCUT2D eigenvalue weighted by Crippen LogP contribution is -2.20. The molecule has 0 saturated heterocycles. The van der Waals surface area contributed by atoms with Crippen LogP contribution in [0.1, 0.15) is 46.8 Å². The van der Waals surface area contributed by atoms with Crippen molar-refractivity contribution in [3.8, 4) is 0 Å². The van der Waals surface area contributed by atoms with Crippen LogP contribution in [0.4, 0.5) is 23.2 Å². The molecule has 12 heteroatoms. The molecular formula is C23H21ClF4N6O. The summed E-state index contributed by atoms with van der Waals surface area (Å²) in [5, 5.41) is 11.9. The van der Waals surface area contributed by atoms with E-state index < -0.39 is 36.6 Å². The zero-order valence-corrected chi connectivity index (χ0v) is 19.7. The third-order valence-corrected chi connectivity index (χ3v) is 5.97. The van der Waals surface area contributed by atoms with Crippen LogP contribution in [0.5, 0.6) is 0 Å². The number of hydrogen-bond acceptors (Lipinski definition) is 4. The average molecular weight is 509 g/mol. The number of halogens is 5. The Bertz CT molecular complexity index is 1420. The molecule has 1 aromatic carbocycles. The lowest BCUT2D eigenvalue weighted by molar-refractivity contribution is -0.116. The van der Waals surface area contributed by atoms with Gasteiger partial charge in [-0.15, -0.1) is 0 Å². The molecule has 0 aliphatic rings. The molecule has 0 spiro atoms. The molecule has 1 amide bonds. The maximum atomic E-state index is 13.5. The molecule has 4 aromatic rings. The van der Waals surface area contributed by atoms with E-state index in [1.165, 1.54) is 6.92 Å². The van der Waals surface area contributed by atoms with Gasteiger partial charge in [0.25, 0.3) is 12.9 Å². The normalized spacial score (nSPS) is 11.7. The van der Waals surface area contributed by atoms with Crippen molar-refractivity contribution in [2.24, 2.45) is 0 Å². The summed E-state index contributed by atoms with van der Waals surface area (Å²) >= 11 is 6.24. The number of rotatable bonds is 7. The summed E-state index contributed by atoms with van der Waals surface area (Å²) in [6, 6.07) is 8.00. The van der Waals surface area contributed by atoms with Crippen LogP contribution in [0.25, 0.3) is 11.0 Å². The molecule has 3 aromatic heterocycles. The van der Waals surface area contributed by atoms with E-state index in [0.717, 1.165) is 10.2 Å². The molecule has 35 heavy (non-hydrogen) atoms. The maximum Gasteiger partial charge on any atom is 0.280 e. The Balaban J connectivity index is 1.61. The monoisotopic (exact) mass is 508 g/mol. The SMILES string of the molecule is Cc1nn(Cc2ccccc2Cl)c(C)c1NC(=O)Cn1nc(C)c2c(C(F)F)cc(C(F)F)nc21. The summed E-state index contributed by atoms with van der Waals surface area (Å²) in [4.78, 5) is 16.6. The van der Waals surface area contributed by atoms with Gasteiger partial charge in [-0.25, -0.2) is 27.2 Å². The molecule has 0 unspecified atom stereocenters. The van der Waals surface area contributed by atoms with Gasteiger partial charge < -0.3 is 5.32 Å². The number of nitrogens with zero attached hydrogens (tertiary/aromatic N) is 5. The van der Waals surface area contributed by atoms with Gasteiger partial charge in [-0.1, -0.05) is 29.8 Å². The first-order chi connectivity index (χ1) is 16.6. The largest absolute Gasteiger partial charge is 0.321 e. The zero-order chi connectivity index (χ0) is 25.4. The number of benzene rings is 1. The number of fused-ring (bicyclic) bond motifs is 1. The number of carbonyl (C=O) groups is 1. The first-order valence-corrected chi connectivity index (χ1v) is 11.0. The van der Waals surface area contributed by atoms with E-state index in [1.807, 2.05) is 18.2 Å². The fourth-order valence-corrected chi connectivity index (χ4v) is 4.13. The molecule has 0 aliphatic carbocycles. The van der Waals surface area contributed by atoms with Crippen molar-refractivity contribution in [1.29, 1.82) is 0 Å². The molecule has 0 radical (unpaired) electrons. The number of anilines is 1. The predicted octanol–water partition coefficient (Wildman–Crippen LogP) is 5.77. The van der Waals surface area contributed by atoms with Crippen LogP contribution in [-0.4, -0.2) is 30.5 Å². The van der Waals surface area contributed by atoms with Gasteiger partial charge in [0, 0.05) is 10.6 Å². The summed E-state index contributed by atoms with van der Waals surface area (Å²) in [6.45, 7) is 4.94. The van der Waals surface area contributed by atoms with Gasteiger partial charge in [-0.05, 0) is 38.5 Å². The topological polar surface area (TPSA) is 77.6 Å². The Morgan fingerprint density at radius 2 is 1.71 bits per heavy atom. The number of amides is 1. The molecule has 184 valence electrons. The molecule has 4 rings (SSSR count). The van der Waals surface area contributed by atoms with Crippen LogP contribution in [0.2, 0.25) is 5.02 Å². The number of alkyl halides is 4. The van der Waals surface area contributed by atoms with Gasteiger partial charge in [-0.2, -0.15) is 10.2 Å². The van der Waals surface area contributed by atoms with E-state index in [9.17, 15) is 22.4 Å². The number of pyridine rings is 1. The van der Waals surface area contributed by atoms with Gasteiger partial charge >= 0.3 is 0 Å². The molecule has 7 nitrogen and oxygen atoms in total. The second-order valence-electron chi connectivity index (χ2n) is 8.02. The lowest BCUT2D eigenvalue weighted by atomic mass is 10.1. The first kappa shape index (κ1) is 24.6. The molecule has 0 saturated carbocycles.